The lowest BCUT2D eigenvalue weighted by molar-refractivity contribution is -0.146. The molecule has 2 atom stereocenters. The Kier molecular flexibility index (Phi) is 3.83. The van der Waals surface area contributed by atoms with Gasteiger partial charge >= 0.3 is 5.97 Å². The Bertz CT molecular complexity index is 709. The standard InChI is InChI=1S/C16H18N2O4/c1-10-6-11(16(20)21)9-18(8-10)15(19)7-13-12-4-2-3-5-14(12)22-17-13/h2-5,10-11H,6-9H2,1H3,(H,20,21). The van der Waals surface area contributed by atoms with E-state index in [1.165, 1.54) is 0 Å². The van der Waals surface area contributed by atoms with Gasteiger partial charge in [0.25, 0.3) is 0 Å². The van der Waals surface area contributed by atoms with Crippen LogP contribution >= 0.6 is 0 Å². The largest absolute Gasteiger partial charge is 0.481 e. The van der Waals surface area contributed by atoms with Gasteiger partial charge in [-0.25, -0.2) is 0 Å². The number of carboxylic acids is 1. The maximum absolute atomic E-state index is 12.5. The van der Waals surface area contributed by atoms with Crippen LogP contribution < -0.4 is 0 Å². The zero-order chi connectivity index (χ0) is 15.7. The third-order valence-corrected chi connectivity index (χ3v) is 4.13. The number of carbonyl (C=O) groups excluding carboxylic acids is 1. The number of benzene rings is 1. The van der Waals surface area contributed by atoms with E-state index in [2.05, 4.69) is 5.16 Å². The summed E-state index contributed by atoms with van der Waals surface area (Å²) >= 11 is 0. The maximum atomic E-state index is 12.5. The number of piperidine rings is 1. The molecule has 1 fully saturated rings. The van der Waals surface area contributed by atoms with E-state index in [4.69, 9.17) is 4.52 Å². The third kappa shape index (κ3) is 2.81. The van der Waals surface area contributed by atoms with E-state index < -0.39 is 11.9 Å². The van der Waals surface area contributed by atoms with E-state index in [0.29, 0.717) is 24.2 Å². The predicted octanol–water partition coefficient (Wildman–Crippen LogP) is 1.94. The first-order valence-electron chi connectivity index (χ1n) is 7.38. The molecular weight excluding hydrogens is 284 g/mol. The van der Waals surface area contributed by atoms with E-state index in [1.807, 2.05) is 25.1 Å². The smallest absolute Gasteiger partial charge is 0.308 e. The van der Waals surface area contributed by atoms with Crippen molar-refractivity contribution in [1.29, 1.82) is 0 Å². The first kappa shape index (κ1) is 14.6. The molecule has 1 aliphatic heterocycles. The second kappa shape index (κ2) is 5.79. The van der Waals surface area contributed by atoms with Gasteiger partial charge in [0.1, 0.15) is 5.69 Å². The minimum Gasteiger partial charge on any atom is -0.481 e. The number of likely N-dealkylation sites (tertiary alicyclic amines) is 1. The summed E-state index contributed by atoms with van der Waals surface area (Å²) in [5, 5.41) is 14.0. The van der Waals surface area contributed by atoms with Crippen LogP contribution in [0.15, 0.2) is 28.8 Å². The molecule has 1 aromatic carbocycles. The zero-order valence-electron chi connectivity index (χ0n) is 12.4. The molecular formula is C16H18N2O4. The number of rotatable bonds is 3. The average molecular weight is 302 g/mol. The molecule has 1 N–H and O–H groups in total. The summed E-state index contributed by atoms with van der Waals surface area (Å²) in [5.41, 5.74) is 1.26. The molecule has 3 rings (SSSR count). The Labute approximate surface area is 127 Å². The molecule has 2 heterocycles. The van der Waals surface area contributed by atoms with Crippen molar-refractivity contribution in [2.45, 2.75) is 19.8 Å². The summed E-state index contributed by atoms with van der Waals surface area (Å²) in [5.74, 6) is -1.23. The number of para-hydroxylation sites is 1. The Morgan fingerprint density at radius 3 is 2.91 bits per heavy atom. The number of hydrogen-bond donors (Lipinski definition) is 1. The molecule has 0 aliphatic carbocycles. The lowest BCUT2D eigenvalue weighted by Gasteiger charge is -2.34. The number of aromatic nitrogens is 1. The van der Waals surface area contributed by atoms with Gasteiger partial charge in [0.15, 0.2) is 5.58 Å². The number of amides is 1. The van der Waals surface area contributed by atoms with Crippen LogP contribution in [0.5, 0.6) is 0 Å². The topological polar surface area (TPSA) is 83.6 Å². The van der Waals surface area contributed by atoms with Gasteiger partial charge in [-0.3, -0.25) is 9.59 Å². The highest BCUT2D eigenvalue weighted by Crippen LogP contribution is 2.24. The SMILES string of the molecule is CC1CC(C(=O)O)CN(C(=O)Cc2noc3ccccc23)C1. The summed E-state index contributed by atoms with van der Waals surface area (Å²) < 4.78 is 5.20. The van der Waals surface area contributed by atoms with Gasteiger partial charge in [-0.2, -0.15) is 0 Å². The van der Waals surface area contributed by atoms with Crippen LogP contribution in [0.25, 0.3) is 11.0 Å². The van der Waals surface area contributed by atoms with Gasteiger partial charge in [0.05, 0.1) is 12.3 Å². The number of aliphatic carboxylic acids is 1. The molecule has 2 aromatic rings. The van der Waals surface area contributed by atoms with Crippen LogP contribution in [0.2, 0.25) is 0 Å². The molecule has 0 radical (unpaired) electrons. The van der Waals surface area contributed by atoms with Gasteiger partial charge < -0.3 is 14.5 Å². The quantitative estimate of drug-likeness (QED) is 0.936. The van der Waals surface area contributed by atoms with Gasteiger partial charge in [-0.15, -0.1) is 0 Å². The second-order valence-electron chi connectivity index (χ2n) is 5.98. The summed E-state index contributed by atoms with van der Waals surface area (Å²) in [6.07, 6.45) is 0.752. The Balaban J connectivity index is 1.75. The van der Waals surface area contributed by atoms with E-state index in [9.17, 15) is 14.7 Å². The molecule has 6 heteroatoms. The minimum absolute atomic E-state index is 0.100. The number of nitrogens with zero attached hydrogens (tertiary/aromatic N) is 2. The molecule has 116 valence electrons. The summed E-state index contributed by atoms with van der Waals surface area (Å²) in [6.45, 7) is 2.84. The van der Waals surface area contributed by atoms with Crippen molar-refractivity contribution in [3.05, 3.63) is 30.0 Å². The van der Waals surface area contributed by atoms with Crippen LogP contribution in [-0.4, -0.2) is 40.1 Å². The van der Waals surface area contributed by atoms with Crippen LogP contribution in [0.3, 0.4) is 0 Å². The minimum atomic E-state index is -0.837. The van der Waals surface area contributed by atoms with E-state index >= 15 is 0 Å². The highest BCUT2D eigenvalue weighted by atomic mass is 16.5. The Morgan fingerprint density at radius 2 is 2.14 bits per heavy atom. The fourth-order valence-electron chi connectivity index (χ4n) is 3.05. The normalized spacial score (nSPS) is 22.0. The number of carbonyl (C=O) groups is 2. The van der Waals surface area contributed by atoms with Crippen molar-refractivity contribution in [3.63, 3.8) is 0 Å². The molecule has 0 bridgehead atoms. The fourth-order valence-corrected chi connectivity index (χ4v) is 3.05. The van der Waals surface area contributed by atoms with Crippen LogP contribution in [0, 0.1) is 11.8 Å². The van der Waals surface area contributed by atoms with Gasteiger partial charge in [-0.05, 0) is 24.5 Å². The second-order valence-corrected chi connectivity index (χ2v) is 5.98. The summed E-state index contributed by atoms with van der Waals surface area (Å²) in [7, 11) is 0. The van der Waals surface area contributed by atoms with Crippen molar-refractivity contribution >= 4 is 22.8 Å². The lowest BCUT2D eigenvalue weighted by Crippen LogP contribution is -2.46. The monoisotopic (exact) mass is 302 g/mol. The molecule has 2 unspecified atom stereocenters. The lowest BCUT2D eigenvalue weighted by atomic mass is 9.90. The third-order valence-electron chi connectivity index (χ3n) is 4.13. The number of carboxylic acid groups (broad SMARTS) is 1. The van der Waals surface area contributed by atoms with Crippen molar-refractivity contribution in [2.24, 2.45) is 11.8 Å². The number of fused-ring (bicyclic) bond motifs is 1. The van der Waals surface area contributed by atoms with Crippen molar-refractivity contribution in [3.8, 4) is 0 Å². The first-order valence-corrected chi connectivity index (χ1v) is 7.38. The Morgan fingerprint density at radius 1 is 1.36 bits per heavy atom. The molecule has 0 saturated carbocycles. The molecule has 0 spiro atoms. The average Bonchev–Trinajstić information content (AvgIpc) is 2.90. The zero-order valence-corrected chi connectivity index (χ0v) is 12.4. The summed E-state index contributed by atoms with van der Waals surface area (Å²) in [4.78, 5) is 25.3. The van der Waals surface area contributed by atoms with E-state index in [1.54, 1.807) is 11.0 Å². The highest BCUT2D eigenvalue weighted by molar-refractivity contribution is 5.86. The highest BCUT2D eigenvalue weighted by Gasteiger charge is 2.32. The molecule has 1 aliphatic rings. The van der Waals surface area contributed by atoms with Gasteiger partial charge in [0.2, 0.25) is 5.91 Å². The maximum Gasteiger partial charge on any atom is 0.308 e. The molecule has 1 aromatic heterocycles. The van der Waals surface area contributed by atoms with Crippen molar-refractivity contribution < 1.29 is 19.2 Å². The first-order chi connectivity index (χ1) is 10.5. The van der Waals surface area contributed by atoms with Crippen LogP contribution in [0.1, 0.15) is 19.0 Å². The van der Waals surface area contributed by atoms with E-state index in [-0.39, 0.29) is 24.8 Å². The fraction of sp³-hybridized carbons (Fsp3) is 0.438. The van der Waals surface area contributed by atoms with Crippen LogP contribution in [-0.2, 0) is 16.0 Å². The van der Waals surface area contributed by atoms with E-state index in [0.717, 1.165) is 5.39 Å². The van der Waals surface area contributed by atoms with Gasteiger partial charge in [-0.1, -0.05) is 24.2 Å². The molecule has 1 amide bonds. The molecule has 1 saturated heterocycles. The molecule has 22 heavy (non-hydrogen) atoms. The molecule has 6 nitrogen and oxygen atoms in total. The van der Waals surface area contributed by atoms with Crippen LogP contribution in [0.4, 0.5) is 0 Å². The van der Waals surface area contributed by atoms with Crippen molar-refractivity contribution in [1.82, 2.24) is 10.1 Å². The Hall–Kier alpha value is -2.37. The number of hydrogen-bond acceptors (Lipinski definition) is 4. The summed E-state index contributed by atoms with van der Waals surface area (Å²) in [6, 6.07) is 7.40. The van der Waals surface area contributed by atoms with Gasteiger partial charge in [0, 0.05) is 18.5 Å². The van der Waals surface area contributed by atoms with Crippen molar-refractivity contribution in [2.75, 3.05) is 13.1 Å². The predicted molar refractivity (Wildman–Crippen MR) is 79.2 cm³/mol.